The monoisotopic (exact) mass is 493 g/mol. The van der Waals surface area contributed by atoms with Gasteiger partial charge in [-0.2, -0.15) is 0 Å². The Bertz CT molecular complexity index is 1570. The second-order valence-electron chi connectivity index (χ2n) is 9.26. The molecule has 2 aromatic heterocycles. The fraction of sp³-hybridized carbons (Fsp3) is 0.250. The molecule has 3 heterocycles. The van der Waals surface area contributed by atoms with Crippen LogP contribution in [0.3, 0.4) is 0 Å². The molecule has 1 saturated heterocycles. The molecule has 0 bridgehead atoms. The van der Waals surface area contributed by atoms with Gasteiger partial charge in [-0.05, 0) is 71.5 Å². The number of nitrogens with one attached hydrogen (secondary N) is 1. The molecule has 3 aromatic carbocycles. The quantitative estimate of drug-likeness (QED) is 0.345. The van der Waals surface area contributed by atoms with Crippen molar-refractivity contribution in [2.75, 3.05) is 25.1 Å². The molecule has 0 amide bonds. The molecule has 1 aliphatic rings. The molecule has 5 aromatic rings. The van der Waals surface area contributed by atoms with Crippen molar-refractivity contribution in [1.82, 2.24) is 30.2 Å². The minimum atomic E-state index is -0.373. The molecule has 1 aliphatic heterocycles. The van der Waals surface area contributed by atoms with E-state index in [1.54, 1.807) is 0 Å². The summed E-state index contributed by atoms with van der Waals surface area (Å²) in [6.07, 6.45) is 3.47. The van der Waals surface area contributed by atoms with Crippen LogP contribution < -0.4 is 4.90 Å². The summed E-state index contributed by atoms with van der Waals surface area (Å²) in [5.41, 5.74) is 7.02. The SMILES string of the molecule is COC(=O)c1ccc(C)c2nc(N3CCCCC3)n(-c3ccc(-c4ccccc4-c4nnn[nH]4)cc3)c12. The Morgan fingerprint density at radius 1 is 0.946 bits per heavy atom. The van der Waals surface area contributed by atoms with E-state index in [1.807, 2.05) is 37.3 Å². The number of aromatic nitrogens is 6. The van der Waals surface area contributed by atoms with Crippen LogP contribution in [-0.4, -0.2) is 56.3 Å². The van der Waals surface area contributed by atoms with Gasteiger partial charge in [0.15, 0.2) is 5.82 Å². The van der Waals surface area contributed by atoms with Gasteiger partial charge in [0.1, 0.15) is 0 Å². The van der Waals surface area contributed by atoms with Crippen molar-refractivity contribution in [1.29, 1.82) is 0 Å². The van der Waals surface area contributed by atoms with E-state index in [0.717, 1.165) is 70.9 Å². The second kappa shape index (κ2) is 9.50. The highest BCUT2D eigenvalue weighted by molar-refractivity contribution is 6.04. The minimum absolute atomic E-state index is 0.373. The van der Waals surface area contributed by atoms with Crippen LogP contribution in [-0.2, 0) is 4.74 Å². The van der Waals surface area contributed by atoms with Crippen LogP contribution in [0.25, 0.3) is 39.2 Å². The van der Waals surface area contributed by atoms with E-state index in [4.69, 9.17) is 9.72 Å². The molecule has 37 heavy (non-hydrogen) atoms. The maximum absolute atomic E-state index is 12.8. The number of hydrogen-bond donors (Lipinski definition) is 1. The van der Waals surface area contributed by atoms with Gasteiger partial charge < -0.3 is 9.64 Å². The Labute approximate surface area is 214 Å². The fourth-order valence-electron chi connectivity index (χ4n) is 5.13. The van der Waals surface area contributed by atoms with Crippen LogP contribution in [0, 0.1) is 6.92 Å². The average molecular weight is 494 g/mol. The molecular formula is C28H27N7O2. The predicted molar refractivity (Wildman–Crippen MR) is 142 cm³/mol. The Kier molecular flexibility index (Phi) is 5.88. The van der Waals surface area contributed by atoms with Crippen molar-refractivity contribution in [2.24, 2.45) is 0 Å². The lowest BCUT2D eigenvalue weighted by Crippen LogP contribution is -2.31. The van der Waals surface area contributed by atoms with Gasteiger partial charge in [0.25, 0.3) is 0 Å². The molecule has 9 nitrogen and oxygen atoms in total. The summed E-state index contributed by atoms with van der Waals surface area (Å²) in [6.45, 7) is 3.90. The first-order valence-corrected chi connectivity index (χ1v) is 12.4. The molecule has 9 heteroatoms. The second-order valence-corrected chi connectivity index (χ2v) is 9.26. The Morgan fingerprint density at radius 3 is 2.41 bits per heavy atom. The number of hydrogen-bond acceptors (Lipinski definition) is 7. The first-order valence-electron chi connectivity index (χ1n) is 12.4. The van der Waals surface area contributed by atoms with E-state index < -0.39 is 0 Å². The number of nitrogens with zero attached hydrogens (tertiary/aromatic N) is 6. The zero-order valence-corrected chi connectivity index (χ0v) is 20.8. The zero-order valence-electron chi connectivity index (χ0n) is 20.8. The van der Waals surface area contributed by atoms with E-state index in [0.29, 0.717) is 11.4 Å². The summed E-state index contributed by atoms with van der Waals surface area (Å²) < 4.78 is 7.25. The van der Waals surface area contributed by atoms with Crippen molar-refractivity contribution < 1.29 is 9.53 Å². The van der Waals surface area contributed by atoms with Crippen LogP contribution in [0.15, 0.2) is 60.7 Å². The van der Waals surface area contributed by atoms with E-state index in [9.17, 15) is 4.79 Å². The summed E-state index contributed by atoms with van der Waals surface area (Å²) in [5.74, 6) is 1.10. The summed E-state index contributed by atoms with van der Waals surface area (Å²) in [6, 6.07) is 20.1. The molecule has 0 saturated carbocycles. The lowest BCUT2D eigenvalue weighted by atomic mass is 9.99. The molecule has 1 N–H and O–H groups in total. The summed E-state index contributed by atoms with van der Waals surface area (Å²) >= 11 is 0. The van der Waals surface area contributed by atoms with Crippen LogP contribution in [0.4, 0.5) is 5.95 Å². The van der Waals surface area contributed by atoms with Gasteiger partial charge >= 0.3 is 5.97 Å². The highest BCUT2D eigenvalue weighted by atomic mass is 16.5. The lowest BCUT2D eigenvalue weighted by molar-refractivity contribution is 0.0602. The number of ether oxygens (including phenoxy) is 1. The molecule has 6 rings (SSSR count). The number of tetrazole rings is 1. The minimum Gasteiger partial charge on any atom is -0.465 e. The third-order valence-electron chi connectivity index (χ3n) is 7.00. The topological polar surface area (TPSA) is 102 Å². The summed E-state index contributed by atoms with van der Waals surface area (Å²) in [7, 11) is 1.41. The predicted octanol–water partition coefficient (Wildman–Crippen LogP) is 4.96. The third-order valence-corrected chi connectivity index (χ3v) is 7.00. The number of aromatic amines is 1. The number of carbonyl (C=O) groups is 1. The summed E-state index contributed by atoms with van der Waals surface area (Å²) in [5, 5.41) is 14.4. The van der Waals surface area contributed by atoms with Crippen LogP contribution in [0.2, 0.25) is 0 Å². The molecular weight excluding hydrogens is 466 g/mol. The first kappa shape index (κ1) is 22.9. The number of piperidine rings is 1. The highest BCUT2D eigenvalue weighted by Gasteiger charge is 2.25. The Morgan fingerprint density at radius 2 is 1.70 bits per heavy atom. The third kappa shape index (κ3) is 4.02. The number of esters is 1. The Hall–Kier alpha value is -4.53. The molecule has 0 radical (unpaired) electrons. The Balaban J connectivity index is 1.52. The number of benzene rings is 3. The molecule has 0 unspecified atom stereocenters. The lowest BCUT2D eigenvalue weighted by Gasteiger charge is -2.28. The van der Waals surface area contributed by atoms with Crippen molar-refractivity contribution in [3.8, 4) is 28.2 Å². The van der Waals surface area contributed by atoms with Gasteiger partial charge in [0, 0.05) is 24.3 Å². The number of methoxy groups -OCH3 is 1. The van der Waals surface area contributed by atoms with Crippen LogP contribution in [0.1, 0.15) is 35.2 Å². The number of carbonyl (C=O) groups excluding carboxylic acids is 1. The van der Waals surface area contributed by atoms with Gasteiger partial charge in [-0.25, -0.2) is 14.9 Å². The van der Waals surface area contributed by atoms with Gasteiger partial charge in [0.2, 0.25) is 5.95 Å². The van der Waals surface area contributed by atoms with Crippen LogP contribution in [0.5, 0.6) is 0 Å². The fourth-order valence-corrected chi connectivity index (χ4v) is 5.13. The van der Waals surface area contributed by atoms with Crippen molar-refractivity contribution >= 4 is 23.0 Å². The number of H-pyrrole nitrogens is 1. The molecule has 0 spiro atoms. The highest BCUT2D eigenvalue weighted by Crippen LogP contribution is 2.35. The zero-order chi connectivity index (χ0) is 25.4. The van der Waals surface area contributed by atoms with Crippen molar-refractivity contribution in [3.05, 3.63) is 71.8 Å². The van der Waals surface area contributed by atoms with Crippen molar-refractivity contribution in [3.63, 3.8) is 0 Å². The smallest absolute Gasteiger partial charge is 0.340 e. The largest absolute Gasteiger partial charge is 0.465 e. The van der Waals surface area contributed by atoms with Crippen molar-refractivity contribution in [2.45, 2.75) is 26.2 Å². The van der Waals surface area contributed by atoms with Crippen LogP contribution >= 0.6 is 0 Å². The van der Waals surface area contributed by atoms with Gasteiger partial charge in [0.05, 0.1) is 23.7 Å². The van der Waals surface area contributed by atoms with Gasteiger partial charge in [-0.1, -0.05) is 42.5 Å². The maximum atomic E-state index is 12.8. The number of aryl methyl sites for hydroxylation is 1. The van der Waals surface area contributed by atoms with E-state index in [-0.39, 0.29) is 5.97 Å². The van der Waals surface area contributed by atoms with E-state index >= 15 is 0 Å². The normalized spacial score (nSPS) is 13.7. The summed E-state index contributed by atoms with van der Waals surface area (Å²) in [4.78, 5) is 20.2. The first-order chi connectivity index (χ1) is 18.2. The number of anilines is 1. The molecule has 0 atom stereocenters. The average Bonchev–Trinajstić information content (AvgIpc) is 3.63. The number of fused-ring (bicyclic) bond motifs is 1. The molecule has 0 aliphatic carbocycles. The van der Waals surface area contributed by atoms with E-state index in [2.05, 4.69) is 60.4 Å². The molecule has 186 valence electrons. The van der Waals surface area contributed by atoms with E-state index in [1.165, 1.54) is 13.5 Å². The standard InChI is InChI=1S/C28H27N7O2/c1-18-10-15-23(27(36)37-2)25-24(18)29-28(34-16-6-3-7-17-34)35(25)20-13-11-19(12-14-20)21-8-4-5-9-22(21)26-30-32-33-31-26/h4-5,8-15H,3,6-7,16-17H2,1-2H3,(H,30,31,32,33). The maximum Gasteiger partial charge on any atom is 0.340 e. The molecule has 1 fully saturated rings. The number of rotatable bonds is 5. The number of imidazole rings is 1. The van der Waals surface area contributed by atoms with Gasteiger partial charge in [-0.3, -0.25) is 4.57 Å². The van der Waals surface area contributed by atoms with Gasteiger partial charge in [-0.15, -0.1) is 5.10 Å².